The van der Waals surface area contributed by atoms with E-state index in [4.69, 9.17) is 0 Å². The number of hydrogen-bond acceptors (Lipinski definition) is 5. The second kappa shape index (κ2) is 6.95. The number of benzene rings is 1. The quantitative estimate of drug-likeness (QED) is 0.879. The Labute approximate surface area is 137 Å². The maximum Gasteiger partial charge on any atom is 0.263 e. The molecule has 0 fully saturated rings. The van der Waals surface area contributed by atoms with Gasteiger partial charge in [0.15, 0.2) is 0 Å². The molecule has 2 aromatic rings. The van der Waals surface area contributed by atoms with Gasteiger partial charge in [-0.2, -0.15) is 4.98 Å². The summed E-state index contributed by atoms with van der Waals surface area (Å²) in [5, 5.41) is 0. The van der Waals surface area contributed by atoms with Crippen molar-refractivity contribution in [3.05, 3.63) is 41.6 Å². The van der Waals surface area contributed by atoms with Crippen LogP contribution in [0.2, 0.25) is 0 Å². The molecule has 0 unspecified atom stereocenters. The summed E-state index contributed by atoms with van der Waals surface area (Å²) in [6, 6.07) is 8.28. The van der Waals surface area contributed by atoms with Crippen LogP contribution in [0.1, 0.15) is 24.6 Å². The highest BCUT2D eigenvalue weighted by Gasteiger charge is 2.19. The summed E-state index contributed by atoms with van der Waals surface area (Å²) in [6.07, 6.45) is 1.60. The minimum atomic E-state index is -3.67. The topological polar surface area (TPSA) is 75.2 Å². The maximum absolute atomic E-state index is 12.6. The van der Waals surface area contributed by atoms with Gasteiger partial charge in [0.1, 0.15) is 5.82 Å². The molecule has 0 aliphatic carbocycles. The van der Waals surface area contributed by atoms with Crippen LogP contribution in [-0.2, 0) is 16.4 Å². The molecule has 124 valence electrons. The Balaban J connectivity index is 2.49. The molecule has 23 heavy (non-hydrogen) atoms. The number of nitrogens with one attached hydrogen (secondary N) is 1. The van der Waals surface area contributed by atoms with Crippen LogP contribution in [0.4, 0.5) is 11.8 Å². The second-order valence-corrected chi connectivity index (χ2v) is 7.18. The summed E-state index contributed by atoms with van der Waals surface area (Å²) < 4.78 is 27.7. The SMILES string of the molecule is CCCc1c(C)nc(N(C)C)nc1NS(=O)(=O)c1ccccc1. The Morgan fingerprint density at radius 3 is 2.35 bits per heavy atom. The third kappa shape index (κ3) is 3.98. The maximum atomic E-state index is 12.6. The molecule has 0 aliphatic rings. The molecule has 7 heteroatoms. The average molecular weight is 334 g/mol. The normalized spacial score (nSPS) is 11.3. The first kappa shape index (κ1) is 17.2. The summed E-state index contributed by atoms with van der Waals surface area (Å²) in [5.41, 5.74) is 1.62. The number of rotatable bonds is 6. The Hall–Kier alpha value is -2.15. The van der Waals surface area contributed by atoms with Gasteiger partial charge in [0.25, 0.3) is 10.0 Å². The molecule has 1 aromatic heterocycles. The first-order chi connectivity index (χ1) is 10.8. The number of aryl methyl sites for hydroxylation is 1. The summed E-state index contributed by atoms with van der Waals surface area (Å²) in [4.78, 5) is 10.8. The summed E-state index contributed by atoms with van der Waals surface area (Å²) in [6.45, 7) is 3.91. The lowest BCUT2D eigenvalue weighted by Crippen LogP contribution is -2.20. The molecule has 1 N–H and O–H groups in total. The van der Waals surface area contributed by atoms with E-state index in [1.54, 1.807) is 35.2 Å². The van der Waals surface area contributed by atoms with E-state index in [2.05, 4.69) is 14.7 Å². The van der Waals surface area contributed by atoms with Crippen LogP contribution >= 0.6 is 0 Å². The van der Waals surface area contributed by atoms with Crippen molar-refractivity contribution in [2.75, 3.05) is 23.7 Å². The molecule has 2 rings (SSSR count). The molecule has 0 saturated heterocycles. The second-order valence-electron chi connectivity index (χ2n) is 5.50. The van der Waals surface area contributed by atoms with Gasteiger partial charge in [-0.1, -0.05) is 31.5 Å². The van der Waals surface area contributed by atoms with Crippen molar-refractivity contribution < 1.29 is 8.42 Å². The predicted octanol–water partition coefficient (Wildman–Crippen LogP) is 2.60. The molecule has 0 spiro atoms. The van der Waals surface area contributed by atoms with Gasteiger partial charge in [-0.3, -0.25) is 4.72 Å². The lowest BCUT2D eigenvalue weighted by molar-refractivity contribution is 0.601. The Kier molecular flexibility index (Phi) is 5.20. The minimum Gasteiger partial charge on any atom is -0.347 e. The zero-order chi connectivity index (χ0) is 17.0. The summed E-state index contributed by atoms with van der Waals surface area (Å²) >= 11 is 0. The standard InChI is InChI=1S/C16H22N4O2S/c1-5-9-14-12(2)17-16(20(3)4)18-15(14)19-23(21,22)13-10-7-6-8-11-13/h6-8,10-11H,5,9H2,1-4H3,(H,17,18,19). The minimum absolute atomic E-state index is 0.213. The van der Waals surface area contributed by atoms with Crippen molar-refractivity contribution >= 4 is 21.8 Å². The van der Waals surface area contributed by atoms with E-state index >= 15 is 0 Å². The molecular formula is C16H22N4O2S. The van der Waals surface area contributed by atoms with Gasteiger partial charge in [0.2, 0.25) is 5.95 Å². The molecule has 0 saturated carbocycles. The fourth-order valence-corrected chi connectivity index (χ4v) is 3.26. The fraction of sp³-hybridized carbons (Fsp3) is 0.375. The Bertz CT molecular complexity index is 774. The Morgan fingerprint density at radius 1 is 1.13 bits per heavy atom. The van der Waals surface area contributed by atoms with Crippen LogP contribution in [0, 0.1) is 6.92 Å². The van der Waals surface area contributed by atoms with Crippen LogP contribution in [0.15, 0.2) is 35.2 Å². The number of nitrogens with zero attached hydrogens (tertiary/aromatic N) is 3. The lowest BCUT2D eigenvalue weighted by Gasteiger charge is -2.17. The van der Waals surface area contributed by atoms with E-state index in [0.29, 0.717) is 18.2 Å². The average Bonchev–Trinajstić information content (AvgIpc) is 2.51. The number of aromatic nitrogens is 2. The molecule has 0 aliphatic heterocycles. The third-order valence-corrected chi connectivity index (χ3v) is 4.74. The molecule has 6 nitrogen and oxygen atoms in total. The molecule has 0 amide bonds. The van der Waals surface area contributed by atoms with Crippen LogP contribution in [-0.4, -0.2) is 32.5 Å². The van der Waals surface area contributed by atoms with Crippen molar-refractivity contribution in [1.29, 1.82) is 0 Å². The van der Waals surface area contributed by atoms with Crippen molar-refractivity contribution in [3.8, 4) is 0 Å². The van der Waals surface area contributed by atoms with Crippen molar-refractivity contribution in [3.63, 3.8) is 0 Å². The zero-order valence-corrected chi connectivity index (χ0v) is 14.7. The van der Waals surface area contributed by atoms with E-state index < -0.39 is 10.0 Å². The zero-order valence-electron chi connectivity index (χ0n) is 13.9. The monoisotopic (exact) mass is 334 g/mol. The summed E-state index contributed by atoms with van der Waals surface area (Å²) in [5.74, 6) is 0.833. The smallest absolute Gasteiger partial charge is 0.263 e. The van der Waals surface area contributed by atoms with Gasteiger partial charge < -0.3 is 4.90 Å². The van der Waals surface area contributed by atoms with Crippen LogP contribution in [0.3, 0.4) is 0 Å². The van der Waals surface area contributed by atoms with Crippen molar-refractivity contribution in [2.45, 2.75) is 31.6 Å². The van der Waals surface area contributed by atoms with Gasteiger partial charge >= 0.3 is 0 Å². The van der Waals surface area contributed by atoms with Gasteiger partial charge in [0, 0.05) is 25.4 Å². The van der Waals surface area contributed by atoms with Crippen molar-refractivity contribution in [1.82, 2.24) is 9.97 Å². The highest BCUT2D eigenvalue weighted by atomic mass is 32.2. The number of hydrogen-bond donors (Lipinski definition) is 1. The van der Waals surface area contributed by atoms with Crippen LogP contribution in [0.25, 0.3) is 0 Å². The highest BCUT2D eigenvalue weighted by molar-refractivity contribution is 7.92. The largest absolute Gasteiger partial charge is 0.347 e. The third-order valence-electron chi connectivity index (χ3n) is 3.39. The molecule has 0 bridgehead atoms. The first-order valence-electron chi connectivity index (χ1n) is 7.48. The molecule has 0 atom stereocenters. The van der Waals surface area contributed by atoms with E-state index in [0.717, 1.165) is 17.7 Å². The van der Waals surface area contributed by atoms with Crippen LogP contribution < -0.4 is 9.62 Å². The van der Waals surface area contributed by atoms with Crippen LogP contribution in [0.5, 0.6) is 0 Å². The number of sulfonamides is 1. The Morgan fingerprint density at radius 2 is 1.78 bits per heavy atom. The molecule has 1 aromatic carbocycles. The van der Waals surface area contributed by atoms with E-state index in [1.807, 2.05) is 27.9 Å². The van der Waals surface area contributed by atoms with E-state index in [1.165, 1.54) is 0 Å². The molecule has 0 radical (unpaired) electrons. The summed E-state index contributed by atoms with van der Waals surface area (Å²) in [7, 11) is -0.0258. The highest BCUT2D eigenvalue weighted by Crippen LogP contribution is 2.24. The van der Waals surface area contributed by atoms with Gasteiger partial charge in [-0.05, 0) is 25.5 Å². The van der Waals surface area contributed by atoms with Gasteiger partial charge in [-0.15, -0.1) is 0 Å². The molecular weight excluding hydrogens is 312 g/mol. The van der Waals surface area contributed by atoms with E-state index in [9.17, 15) is 8.42 Å². The van der Waals surface area contributed by atoms with Gasteiger partial charge in [-0.25, -0.2) is 13.4 Å². The first-order valence-corrected chi connectivity index (χ1v) is 8.96. The van der Waals surface area contributed by atoms with Gasteiger partial charge in [0.05, 0.1) is 4.90 Å². The fourth-order valence-electron chi connectivity index (χ4n) is 2.20. The number of anilines is 2. The molecule has 1 heterocycles. The van der Waals surface area contributed by atoms with E-state index in [-0.39, 0.29) is 4.90 Å². The van der Waals surface area contributed by atoms with Crippen molar-refractivity contribution in [2.24, 2.45) is 0 Å². The lowest BCUT2D eigenvalue weighted by atomic mass is 10.1. The predicted molar refractivity (Wildman–Crippen MR) is 92.3 cm³/mol.